The van der Waals surface area contributed by atoms with Crippen molar-refractivity contribution < 1.29 is 4.39 Å². The van der Waals surface area contributed by atoms with E-state index in [0.29, 0.717) is 0 Å². The van der Waals surface area contributed by atoms with E-state index in [0.717, 1.165) is 0 Å². The van der Waals surface area contributed by atoms with Gasteiger partial charge in [0.2, 0.25) is 0 Å². The van der Waals surface area contributed by atoms with E-state index in [1.165, 1.54) is 13.0 Å². The summed E-state index contributed by atoms with van der Waals surface area (Å²) in [6.45, 7) is 8.57. The molecule has 0 atom stereocenters. The van der Waals surface area contributed by atoms with Crippen LogP contribution in [0.25, 0.3) is 0 Å². The molecule has 0 rings (SSSR count). The van der Waals surface area contributed by atoms with Crippen molar-refractivity contribution >= 4 is 0 Å². The van der Waals surface area contributed by atoms with Gasteiger partial charge in [-0.3, -0.25) is 0 Å². The highest BCUT2D eigenvalue weighted by atomic mass is 19.1. The molecule has 0 aromatic carbocycles. The van der Waals surface area contributed by atoms with Crippen LogP contribution in [0.2, 0.25) is 0 Å². The van der Waals surface area contributed by atoms with Gasteiger partial charge in [-0.25, -0.2) is 4.39 Å². The lowest BCUT2D eigenvalue weighted by molar-refractivity contribution is 0.639. The van der Waals surface area contributed by atoms with Crippen molar-refractivity contribution in [3.63, 3.8) is 0 Å². The van der Waals surface area contributed by atoms with E-state index < -0.39 is 0 Å². The van der Waals surface area contributed by atoms with Gasteiger partial charge in [0.15, 0.2) is 0 Å². The third-order valence-corrected chi connectivity index (χ3v) is 0.384. The number of halogens is 1. The number of hydrogen-bond acceptors (Lipinski definition) is 1. The minimum atomic E-state index is -0.312. The maximum Gasteiger partial charge on any atom is 0.0988 e. The van der Waals surface area contributed by atoms with Crippen molar-refractivity contribution in [3.8, 4) is 0 Å². The lowest BCUT2D eigenvalue weighted by Crippen LogP contribution is -1.88. The van der Waals surface area contributed by atoms with Crippen LogP contribution in [0.3, 0.4) is 0 Å². The normalized spacial score (nSPS) is 9.56. The van der Waals surface area contributed by atoms with Crippen LogP contribution in [0.1, 0.15) is 20.8 Å². The first-order valence-electron chi connectivity index (χ1n) is 2.91. The lowest BCUT2D eigenvalue weighted by Gasteiger charge is -1.82. The summed E-state index contributed by atoms with van der Waals surface area (Å²) in [6.07, 6.45) is 1.17. The molecule has 1 nitrogen and oxygen atoms in total. The van der Waals surface area contributed by atoms with Crippen LogP contribution >= 0.6 is 0 Å². The first-order valence-corrected chi connectivity index (χ1v) is 2.91. The van der Waals surface area contributed by atoms with Crippen LogP contribution in [0.5, 0.6) is 0 Å². The third-order valence-electron chi connectivity index (χ3n) is 0.384. The molecule has 0 heterocycles. The van der Waals surface area contributed by atoms with Crippen LogP contribution in [0, 0.1) is 0 Å². The maximum absolute atomic E-state index is 11.7. The molecule has 0 aliphatic heterocycles. The van der Waals surface area contributed by atoms with Crippen LogP contribution < -0.4 is 5.73 Å². The fraction of sp³-hybridized carbons (Fsp3) is 0.429. The molecule has 0 unspecified atom stereocenters. The third kappa shape index (κ3) is 19.0. The second-order valence-electron chi connectivity index (χ2n) is 1.31. The smallest absolute Gasteiger partial charge is 0.0988 e. The maximum atomic E-state index is 11.7. The van der Waals surface area contributed by atoms with E-state index in [2.05, 4.69) is 6.58 Å². The van der Waals surface area contributed by atoms with Gasteiger partial charge < -0.3 is 5.73 Å². The van der Waals surface area contributed by atoms with Gasteiger partial charge in [-0.2, -0.15) is 0 Å². The van der Waals surface area contributed by atoms with Gasteiger partial charge in [0.05, 0.1) is 5.83 Å². The molecular weight excluding hydrogens is 117 g/mol. The molecule has 0 aliphatic rings. The zero-order valence-electron chi connectivity index (χ0n) is 6.24. The Bertz CT molecular complexity index is 101. The van der Waals surface area contributed by atoms with Crippen molar-refractivity contribution in [2.24, 2.45) is 5.73 Å². The SMILES string of the molecule is C=C(N)/C=C(/C)F.CC. The summed E-state index contributed by atoms with van der Waals surface area (Å²) < 4.78 is 11.7. The fourth-order valence-electron chi connectivity index (χ4n) is 0.255. The van der Waals surface area contributed by atoms with E-state index in [1.54, 1.807) is 0 Å². The summed E-state index contributed by atoms with van der Waals surface area (Å²) in [7, 11) is 0. The highest BCUT2D eigenvalue weighted by molar-refractivity contribution is 5.11. The monoisotopic (exact) mass is 131 g/mol. The van der Waals surface area contributed by atoms with E-state index >= 15 is 0 Å². The second kappa shape index (κ2) is 7.21. The molecule has 0 aromatic rings. The second-order valence-corrected chi connectivity index (χ2v) is 1.31. The average Bonchev–Trinajstić information content (AvgIpc) is 1.68. The largest absolute Gasteiger partial charge is 0.399 e. The molecule has 0 aromatic heterocycles. The zero-order chi connectivity index (χ0) is 7.86. The average molecular weight is 131 g/mol. The first kappa shape index (κ1) is 11.1. The predicted molar refractivity (Wildman–Crippen MR) is 39.5 cm³/mol. The Kier molecular flexibility index (Phi) is 8.87. The summed E-state index contributed by atoms with van der Waals surface area (Å²) in [5, 5.41) is 0. The van der Waals surface area contributed by atoms with Crippen molar-refractivity contribution in [1.82, 2.24) is 0 Å². The van der Waals surface area contributed by atoms with Gasteiger partial charge in [0.1, 0.15) is 0 Å². The van der Waals surface area contributed by atoms with Gasteiger partial charge in [-0.05, 0) is 13.0 Å². The lowest BCUT2D eigenvalue weighted by atomic mass is 10.4. The standard InChI is InChI=1S/C5H8FN.C2H6/c1-4(6)3-5(2)7;1-2/h3H,2,7H2,1H3;1-2H3/b4-3-;. The molecule has 0 saturated carbocycles. The summed E-state index contributed by atoms with van der Waals surface area (Å²) in [5.41, 5.74) is 5.23. The zero-order valence-corrected chi connectivity index (χ0v) is 6.24. The van der Waals surface area contributed by atoms with Gasteiger partial charge in [0.25, 0.3) is 0 Å². The molecule has 0 bridgehead atoms. The molecule has 9 heavy (non-hydrogen) atoms. The molecule has 0 amide bonds. The Hall–Kier alpha value is -0.790. The van der Waals surface area contributed by atoms with Crippen molar-refractivity contribution in [1.29, 1.82) is 0 Å². The summed E-state index contributed by atoms with van der Waals surface area (Å²) in [5.74, 6) is -0.312. The van der Waals surface area contributed by atoms with E-state index in [-0.39, 0.29) is 11.5 Å². The van der Waals surface area contributed by atoms with Gasteiger partial charge in [0, 0.05) is 5.70 Å². The van der Waals surface area contributed by atoms with Crippen LogP contribution in [0.15, 0.2) is 24.2 Å². The van der Waals surface area contributed by atoms with Crippen LogP contribution in [-0.4, -0.2) is 0 Å². The van der Waals surface area contributed by atoms with Crippen molar-refractivity contribution in [3.05, 3.63) is 24.2 Å². The summed E-state index contributed by atoms with van der Waals surface area (Å²) in [6, 6.07) is 0. The Balaban J connectivity index is 0. The van der Waals surface area contributed by atoms with Gasteiger partial charge in [-0.15, -0.1) is 0 Å². The highest BCUT2D eigenvalue weighted by Crippen LogP contribution is 1.93. The van der Waals surface area contributed by atoms with E-state index in [9.17, 15) is 4.39 Å². The molecule has 54 valence electrons. The Morgan fingerprint density at radius 2 is 1.89 bits per heavy atom. The number of allylic oxidation sites excluding steroid dienone is 2. The van der Waals surface area contributed by atoms with Crippen LogP contribution in [-0.2, 0) is 0 Å². The minimum Gasteiger partial charge on any atom is -0.399 e. The first-order chi connectivity index (χ1) is 4.13. The Labute approximate surface area is 56.1 Å². The van der Waals surface area contributed by atoms with Crippen LogP contribution in [0.4, 0.5) is 4.39 Å². The molecular formula is C7H14FN. The number of hydrogen-bond donors (Lipinski definition) is 1. The number of rotatable bonds is 1. The number of nitrogens with two attached hydrogens (primary N) is 1. The molecule has 0 fully saturated rings. The minimum absolute atomic E-state index is 0.250. The van der Waals surface area contributed by atoms with Crippen molar-refractivity contribution in [2.45, 2.75) is 20.8 Å². The van der Waals surface area contributed by atoms with Crippen molar-refractivity contribution in [2.75, 3.05) is 0 Å². The molecule has 0 saturated heterocycles. The van der Waals surface area contributed by atoms with Gasteiger partial charge in [-0.1, -0.05) is 20.4 Å². The quantitative estimate of drug-likeness (QED) is 0.543. The topological polar surface area (TPSA) is 26.0 Å². The van der Waals surface area contributed by atoms with E-state index in [4.69, 9.17) is 5.73 Å². The predicted octanol–water partition coefficient (Wildman–Crippen LogP) is 2.36. The Morgan fingerprint density at radius 3 is 1.89 bits per heavy atom. The molecule has 2 N–H and O–H groups in total. The molecule has 0 aliphatic carbocycles. The highest BCUT2D eigenvalue weighted by Gasteiger charge is 1.78. The summed E-state index contributed by atoms with van der Waals surface area (Å²) >= 11 is 0. The summed E-state index contributed by atoms with van der Waals surface area (Å²) in [4.78, 5) is 0. The fourth-order valence-corrected chi connectivity index (χ4v) is 0.255. The molecule has 0 radical (unpaired) electrons. The molecule has 2 heteroatoms. The van der Waals surface area contributed by atoms with E-state index in [1.807, 2.05) is 13.8 Å². The van der Waals surface area contributed by atoms with Gasteiger partial charge >= 0.3 is 0 Å². The molecule has 0 spiro atoms. The Morgan fingerprint density at radius 1 is 1.56 bits per heavy atom.